The number of aryl methyl sites for hydroxylation is 1. The van der Waals surface area contributed by atoms with Gasteiger partial charge < -0.3 is 5.11 Å². The quantitative estimate of drug-likeness (QED) is 0.735. The van der Waals surface area contributed by atoms with Gasteiger partial charge in [-0.3, -0.25) is 0 Å². The highest BCUT2D eigenvalue weighted by molar-refractivity contribution is 5.44. The molecule has 0 amide bonds. The van der Waals surface area contributed by atoms with Crippen LogP contribution in [0.5, 0.6) is 5.75 Å². The molecule has 0 aromatic heterocycles. The van der Waals surface area contributed by atoms with E-state index in [0.717, 1.165) is 11.1 Å². The van der Waals surface area contributed by atoms with Gasteiger partial charge in [-0.05, 0) is 30.7 Å². The number of aromatic hydroxyl groups is 1. The highest BCUT2D eigenvalue weighted by Gasteiger charge is 2.31. The van der Waals surface area contributed by atoms with Crippen molar-refractivity contribution >= 4 is 0 Å². The minimum absolute atomic E-state index is 0.203. The number of phenolic OH excluding ortho intramolecular Hbond substituents is 1. The fraction of sp³-hybridized carbons (Fsp3) is 0.571. The summed E-state index contributed by atoms with van der Waals surface area (Å²) >= 11 is 0. The Morgan fingerprint density at radius 3 is 2.47 bits per heavy atom. The van der Waals surface area contributed by atoms with E-state index in [-0.39, 0.29) is 5.41 Å². The number of para-hydroxylation sites is 1. The van der Waals surface area contributed by atoms with E-state index in [1.54, 1.807) is 0 Å². The summed E-state index contributed by atoms with van der Waals surface area (Å²) in [7, 11) is 0. The smallest absolute Gasteiger partial charge is 0.122 e. The zero-order valence-corrected chi connectivity index (χ0v) is 9.71. The first kappa shape index (κ1) is 10.5. The van der Waals surface area contributed by atoms with Crippen LogP contribution in [-0.2, 0) is 5.41 Å². The Bertz CT molecular complexity index is 348. The first-order valence-corrected chi connectivity index (χ1v) is 5.92. The van der Waals surface area contributed by atoms with Gasteiger partial charge in [0.15, 0.2) is 0 Å². The third kappa shape index (κ3) is 1.88. The van der Waals surface area contributed by atoms with Gasteiger partial charge in [0, 0.05) is 5.56 Å². The molecule has 0 saturated heterocycles. The molecule has 1 heteroatoms. The van der Waals surface area contributed by atoms with Crippen LogP contribution >= 0.6 is 0 Å². The molecule has 0 heterocycles. The standard InChI is InChI=1S/C14H20O/c1-11-7-6-8-12(13(11)15)14(2)9-4-3-5-10-14/h6-8,15H,3-5,9-10H2,1-2H3. The van der Waals surface area contributed by atoms with E-state index < -0.39 is 0 Å². The average Bonchev–Trinajstić information content (AvgIpc) is 2.23. The highest BCUT2D eigenvalue weighted by atomic mass is 16.3. The van der Waals surface area contributed by atoms with Crippen LogP contribution in [0.1, 0.15) is 50.2 Å². The topological polar surface area (TPSA) is 20.2 Å². The molecular weight excluding hydrogens is 184 g/mol. The molecule has 0 atom stereocenters. The molecule has 1 aromatic rings. The van der Waals surface area contributed by atoms with Crippen LogP contribution in [0.3, 0.4) is 0 Å². The molecule has 0 bridgehead atoms. The first-order valence-electron chi connectivity index (χ1n) is 5.92. The Balaban J connectivity index is 2.39. The van der Waals surface area contributed by atoms with Gasteiger partial charge >= 0.3 is 0 Å². The third-order valence-corrected chi connectivity index (χ3v) is 3.85. The van der Waals surface area contributed by atoms with Gasteiger partial charge in [0.05, 0.1) is 0 Å². The summed E-state index contributed by atoms with van der Waals surface area (Å²) in [5.41, 5.74) is 2.36. The number of phenols is 1. The Morgan fingerprint density at radius 2 is 1.80 bits per heavy atom. The van der Waals surface area contributed by atoms with Gasteiger partial charge in [0.1, 0.15) is 5.75 Å². The first-order chi connectivity index (χ1) is 7.13. The van der Waals surface area contributed by atoms with Gasteiger partial charge in [-0.2, -0.15) is 0 Å². The lowest BCUT2D eigenvalue weighted by molar-refractivity contribution is 0.308. The van der Waals surface area contributed by atoms with E-state index in [4.69, 9.17) is 0 Å². The van der Waals surface area contributed by atoms with Crippen LogP contribution in [-0.4, -0.2) is 5.11 Å². The lowest BCUT2D eigenvalue weighted by atomic mass is 9.70. The summed E-state index contributed by atoms with van der Waals surface area (Å²) in [5.74, 6) is 0.516. The number of benzene rings is 1. The number of hydrogen-bond donors (Lipinski definition) is 1. The largest absolute Gasteiger partial charge is 0.507 e. The molecule has 0 spiro atoms. The van der Waals surface area contributed by atoms with E-state index in [1.165, 1.54) is 32.1 Å². The van der Waals surface area contributed by atoms with Gasteiger partial charge in [-0.25, -0.2) is 0 Å². The van der Waals surface area contributed by atoms with Gasteiger partial charge in [0.2, 0.25) is 0 Å². The minimum atomic E-state index is 0.203. The van der Waals surface area contributed by atoms with Crippen LogP contribution in [0.25, 0.3) is 0 Å². The van der Waals surface area contributed by atoms with Crippen molar-refractivity contribution in [2.45, 2.75) is 51.4 Å². The predicted octanol–water partition coefficient (Wildman–Crippen LogP) is 3.92. The van der Waals surface area contributed by atoms with Gasteiger partial charge in [-0.1, -0.05) is 44.4 Å². The maximum Gasteiger partial charge on any atom is 0.122 e. The molecule has 0 aliphatic heterocycles. The van der Waals surface area contributed by atoms with Crippen molar-refractivity contribution in [3.63, 3.8) is 0 Å². The monoisotopic (exact) mass is 204 g/mol. The third-order valence-electron chi connectivity index (χ3n) is 3.85. The summed E-state index contributed by atoms with van der Waals surface area (Å²) in [5, 5.41) is 10.1. The second-order valence-electron chi connectivity index (χ2n) is 5.09. The lowest BCUT2D eigenvalue weighted by Crippen LogP contribution is -2.25. The van der Waals surface area contributed by atoms with Crippen molar-refractivity contribution in [3.05, 3.63) is 29.3 Å². The Kier molecular flexibility index (Phi) is 2.72. The Hall–Kier alpha value is -0.980. The molecule has 0 radical (unpaired) electrons. The second-order valence-corrected chi connectivity index (χ2v) is 5.09. The molecule has 82 valence electrons. The minimum Gasteiger partial charge on any atom is -0.507 e. The van der Waals surface area contributed by atoms with Crippen molar-refractivity contribution < 1.29 is 5.11 Å². The van der Waals surface area contributed by atoms with Crippen molar-refractivity contribution in [3.8, 4) is 5.75 Å². The van der Waals surface area contributed by atoms with E-state index >= 15 is 0 Å². The van der Waals surface area contributed by atoms with Crippen LogP contribution in [0.4, 0.5) is 0 Å². The number of hydrogen-bond acceptors (Lipinski definition) is 1. The molecular formula is C14H20O. The fourth-order valence-corrected chi connectivity index (χ4v) is 2.75. The maximum atomic E-state index is 10.1. The van der Waals surface area contributed by atoms with Crippen LogP contribution in [0.15, 0.2) is 18.2 Å². The van der Waals surface area contributed by atoms with Crippen LogP contribution in [0.2, 0.25) is 0 Å². The maximum absolute atomic E-state index is 10.1. The molecule has 1 fully saturated rings. The van der Waals surface area contributed by atoms with Gasteiger partial charge in [-0.15, -0.1) is 0 Å². The zero-order chi connectivity index (χ0) is 10.9. The molecule has 15 heavy (non-hydrogen) atoms. The van der Waals surface area contributed by atoms with E-state index in [9.17, 15) is 5.11 Å². The zero-order valence-electron chi connectivity index (χ0n) is 9.71. The molecule has 1 aliphatic carbocycles. The van der Waals surface area contributed by atoms with E-state index in [0.29, 0.717) is 5.75 Å². The van der Waals surface area contributed by atoms with Gasteiger partial charge in [0.25, 0.3) is 0 Å². The summed E-state index contributed by atoms with van der Waals surface area (Å²) in [6.45, 7) is 4.27. The second kappa shape index (κ2) is 3.88. The molecule has 2 rings (SSSR count). The van der Waals surface area contributed by atoms with Crippen molar-refractivity contribution in [1.82, 2.24) is 0 Å². The normalized spacial score (nSPS) is 20.1. The van der Waals surface area contributed by atoms with Crippen molar-refractivity contribution in [2.75, 3.05) is 0 Å². The van der Waals surface area contributed by atoms with Crippen molar-refractivity contribution in [2.24, 2.45) is 0 Å². The Morgan fingerprint density at radius 1 is 1.13 bits per heavy atom. The summed E-state index contributed by atoms with van der Waals surface area (Å²) in [4.78, 5) is 0. The molecule has 1 nitrogen and oxygen atoms in total. The SMILES string of the molecule is Cc1cccc(C2(C)CCCCC2)c1O. The number of rotatable bonds is 1. The van der Waals surface area contributed by atoms with E-state index in [2.05, 4.69) is 19.1 Å². The lowest BCUT2D eigenvalue weighted by Gasteiger charge is -2.34. The average molecular weight is 204 g/mol. The Labute approximate surface area is 92.1 Å². The summed E-state index contributed by atoms with van der Waals surface area (Å²) < 4.78 is 0. The highest BCUT2D eigenvalue weighted by Crippen LogP contribution is 2.43. The molecule has 1 saturated carbocycles. The molecule has 1 aliphatic rings. The summed E-state index contributed by atoms with van der Waals surface area (Å²) in [6, 6.07) is 6.13. The molecule has 0 unspecified atom stereocenters. The molecule has 1 N–H and O–H groups in total. The summed E-state index contributed by atoms with van der Waals surface area (Å²) in [6.07, 6.45) is 6.37. The van der Waals surface area contributed by atoms with Crippen molar-refractivity contribution in [1.29, 1.82) is 0 Å². The molecule has 1 aromatic carbocycles. The van der Waals surface area contributed by atoms with Crippen LogP contribution < -0.4 is 0 Å². The fourth-order valence-electron chi connectivity index (χ4n) is 2.75. The van der Waals surface area contributed by atoms with Crippen LogP contribution in [0, 0.1) is 6.92 Å². The predicted molar refractivity (Wildman–Crippen MR) is 63.3 cm³/mol. The van der Waals surface area contributed by atoms with E-state index in [1.807, 2.05) is 13.0 Å².